The van der Waals surface area contributed by atoms with E-state index in [1.807, 2.05) is 6.07 Å². The number of fused-ring (bicyclic) bond motifs is 1. The number of aliphatic imine (C=N–C) groups is 1. The van der Waals surface area contributed by atoms with Gasteiger partial charge in [0.2, 0.25) is 0 Å². The average Bonchev–Trinajstić information content (AvgIpc) is 3.38. The number of benzene rings is 2. The predicted molar refractivity (Wildman–Crippen MR) is 151 cm³/mol. The number of nitrogens with one attached hydrogen (secondary N) is 1. The minimum atomic E-state index is -3.49. The number of para-hydroxylation sites is 1. The summed E-state index contributed by atoms with van der Waals surface area (Å²) < 4.78 is 31.8. The summed E-state index contributed by atoms with van der Waals surface area (Å²) in [7, 11) is 0.391. The minimum Gasteiger partial charge on any atom is -0.496 e. The Hall–Kier alpha value is -3.30. The third-order valence-corrected chi connectivity index (χ3v) is 9.57. The first-order valence-corrected chi connectivity index (χ1v) is 14.7. The Kier molecular flexibility index (Phi) is 7.49. The van der Waals surface area contributed by atoms with Crippen LogP contribution in [0.5, 0.6) is 5.75 Å². The van der Waals surface area contributed by atoms with Crippen LogP contribution in [0.3, 0.4) is 0 Å². The maximum Gasteiger partial charge on any atom is 0.182 e. The number of piperidine rings is 1. The Labute approximate surface area is 225 Å². The third kappa shape index (κ3) is 5.31. The van der Waals surface area contributed by atoms with Gasteiger partial charge in [-0.25, -0.2) is 18.4 Å². The molecule has 2 aliphatic rings. The van der Waals surface area contributed by atoms with E-state index in [1.54, 1.807) is 45.4 Å². The summed E-state index contributed by atoms with van der Waals surface area (Å²) in [6.07, 6.45) is 4.62. The van der Waals surface area contributed by atoms with E-state index in [2.05, 4.69) is 40.5 Å². The molecule has 1 fully saturated rings. The van der Waals surface area contributed by atoms with E-state index in [1.165, 1.54) is 18.4 Å². The second-order valence-electron chi connectivity index (χ2n) is 10.4. The Morgan fingerprint density at radius 3 is 2.74 bits per heavy atom. The first kappa shape index (κ1) is 26.3. The second kappa shape index (κ2) is 10.8. The SMILES string of the molecule is COc1cc(C2CCCN(C)C2)ccc1Cc1nc2c(c(Nc3ccccc3S(=O)(=O)C(C)C)n1)C=NC2. The zero-order valence-electron chi connectivity index (χ0n) is 22.4. The molecule has 3 heterocycles. The smallest absolute Gasteiger partial charge is 0.182 e. The van der Waals surface area contributed by atoms with Crippen molar-refractivity contribution >= 4 is 27.6 Å². The predicted octanol–water partition coefficient (Wildman–Crippen LogP) is 4.74. The third-order valence-electron chi connectivity index (χ3n) is 7.36. The lowest BCUT2D eigenvalue weighted by Crippen LogP contribution is -2.30. The molecule has 1 atom stereocenters. The molecule has 1 N–H and O–H groups in total. The molecule has 0 spiro atoms. The van der Waals surface area contributed by atoms with Crippen LogP contribution >= 0.6 is 0 Å². The summed E-state index contributed by atoms with van der Waals surface area (Å²) in [5, 5.41) is 2.75. The van der Waals surface area contributed by atoms with E-state index in [9.17, 15) is 8.42 Å². The van der Waals surface area contributed by atoms with Crippen molar-refractivity contribution in [3.05, 3.63) is 70.7 Å². The maximum absolute atomic E-state index is 13.0. The van der Waals surface area contributed by atoms with Gasteiger partial charge in [0.25, 0.3) is 0 Å². The first-order chi connectivity index (χ1) is 18.3. The molecule has 1 saturated heterocycles. The van der Waals surface area contributed by atoms with Gasteiger partial charge in [-0.1, -0.05) is 24.3 Å². The molecule has 0 aliphatic carbocycles. The highest BCUT2D eigenvalue weighted by Crippen LogP contribution is 2.33. The zero-order valence-corrected chi connectivity index (χ0v) is 23.3. The van der Waals surface area contributed by atoms with Crippen LogP contribution in [0, 0.1) is 0 Å². The number of rotatable bonds is 8. The molecule has 1 unspecified atom stereocenters. The quantitative estimate of drug-likeness (QED) is 0.447. The van der Waals surface area contributed by atoms with Crippen LogP contribution in [0.25, 0.3) is 0 Å². The van der Waals surface area contributed by atoms with Gasteiger partial charge >= 0.3 is 0 Å². The fourth-order valence-corrected chi connectivity index (χ4v) is 6.39. The van der Waals surface area contributed by atoms with Gasteiger partial charge in [-0.05, 0) is 70.0 Å². The molecular weight excluding hydrogens is 498 g/mol. The topological polar surface area (TPSA) is 96.8 Å². The van der Waals surface area contributed by atoms with Gasteiger partial charge in [-0.3, -0.25) is 4.99 Å². The molecule has 9 heteroatoms. The summed E-state index contributed by atoms with van der Waals surface area (Å²) >= 11 is 0. The van der Waals surface area contributed by atoms with E-state index in [-0.39, 0.29) is 4.90 Å². The second-order valence-corrected chi connectivity index (χ2v) is 12.9. The van der Waals surface area contributed by atoms with Crippen LogP contribution in [-0.2, 0) is 22.8 Å². The number of ether oxygens (including phenoxy) is 1. The first-order valence-electron chi connectivity index (χ1n) is 13.1. The molecule has 200 valence electrons. The van der Waals surface area contributed by atoms with E-state index in [4.69, 9.17) is 14.7 Å². The molecule has 5 rings (SSSR count). The van der Waals surface area contributed by atoms with Crippen LogP contribution in [0.1, 0.15) is 60.8 Å². The number of sulfone groups is 1. The highest BCUT2D eigenvalue weighted by molar-refractivity contribution is 7.92. The van der Waals surface area contributed by atoms with E-state index < -0.39 is 15.1 Å². The van der Waals surface area contributed by atoms with Crippen LogP contribution in [0.15, 0.2) is 52.4 Å². The number of methoxy groups -OCH3 is 1. The van der Waals surface area contributed by atoms with Crippen LogP contribution < -0.4 is 10.1 Å². The normalized spacial score (nSPS) is 17.6. The molecular formula is C29H35N5O3S. The van der Waals surface area contributed by atoms with Crippen LogP contribution in [-0.4, -0.2) is 62.0 Å². The highest BCUT2D eigenvalue weighted by Gasteiger charge is 2.25. The molecule has 3 aromatic rings. The van der Waals surface area contributed by atoms with Crippen molar-refractivity contribution < 1.29 is 13.2 Å². The molecule has 38 heavy (non-hydrogen) atoms. The molecule has 0 saturated carbocycles. The molecule has 0 bridgehead atoms. The number of hydrogen-bond donors (Lipinski definition) is 1. The van der Waals surface area contributed by atoms with E-state index in [0.717, 1.165) is 35.7 Å². The summed E-state index contributed by atoms with van der Waals surface area (Å²) in [6, 6.07) is 13.4. The molecule has 1 aromatic heterocycles. The van der Waals surface area contributed by atoms with Crippen molar-refractivity contribution in [2.24, 2.45) is 4.99 Å². The number of likely N-dealkylation sites (N-methyl/N-ethyl adjacent to an activating group) is 1. The van der Waals surface area contributed by atoms with E-state index >= 15 is 0 Å². The molecule has 0 amide bonds. The number of aromatic nitrogens is 2. The lowest BCUT2D eigenvalue weighted by Gasteiger charge is -2.30. The zero-order chi connectivity index (χ0) is 26.9. The summed E-state index contributed by atoms with van der Waals surface area (Å²) in [6.45, 7) is 6.04. The van der Waals surface area contributed by atoms with Crippen molar-refractivity contribution in [3.8, 4) is 5.75 Å². The van der Waals surface area contributed by atoms with Gasteiger partial charge in [0.05, 0.1) is 40.7 Å². The summed E-state index contributed by atoms with van der Waals surface area (Å²) in [5.74, 6) is 2.52. The fraction of sp³-hybridized carbons (Fsp3) is 0.414. The van der Waals surface area contributed by atoms with Crippen molar-refractivity contribution in [2.45, 2.75) is 55.7 Å². The summed E-state index contributed by atoms with van der Waals surface area (Å²) in [5.41, 5.74) is 4.41. The molecule has 2 aliphatic heterocycles. The minimum absolute atomic E-state index is 0.254. The molecule has 8 nitrogen and oxygen atoms in total. The van der Waals surface area contributed by atoms with Crippen molar-refractivity contribution in [2.75, 3.05) is 32.6 Å². The standard InChI is InChI=1S/C29H35N5O3S/c1-19(2)38(35,36)27-10-6-5-9-24(27)32-29-23-16-30-17-25(23)31-28(33-29)15-21-12-11-20(14-26(21)37-4)22-8-7-13-34(3)18-22/h5-6,9-12,14,16,19,22H,7-8,13,15,17-18H2,1-4H3,(H,31,32,33). The van der Waals surface area contributed by atoms with Crippen LogP contribution in [0.2, 0.25) is 0 Å². The van der Waals surface area contributed by atoms with Gasteiger partial charge in [-0.15, -0.1) is 0 Å². The van der Waals surface area contributed by atoms with Gasteiger partial charge in [-0.2, -0.15) is 0 Å². The Morgan fingerprint density at radius 2 is 1.97 bits per heavy atom. The number of anilines is 2. The van der Waals surface area contributed by atoms with Crippen molar-refractivity contribution in [3.63, 3.8) is 0 Å². The number of nitrogens with zero attached hydrogens (tertiary/aromatic N) is 4. The molecule has 0 radical (unpaired) electrons. The van der Waals surface area contributed by atoms with Crippen molar-refractivity contribution in [1.29, 1.82) is 0 Å². The summed E-state index contributed by atoms with van der Waals surface area (Å²) in [4.78, 5) is 16.6. The lowest BCUT2D eigenvalue weighted by molar-refractivity contribution is 0.250. The Balaban J connectivity index is 1.46. The number of likely N-dealkylation sites (tertiary alicyclic amines) is 1. The average molecular weight is 534 g/mol. The Bertz CT molecular complexity index is 1470. The van der Waals surface area contributed by atoms with Gasteiger partial charge in [0.1, 0.15) is 17.4 Å². The maximum atomic E-state index is 13.0. The van der Waals surface area contributed by atoms with E-state index in [0.29, 0.717) is 36.2 Å². The Morgan fingerprint density at radius 1 is 1.16 bits per heavy atom. The van der Waals surface area contributed by atoms with Gasteiger partial charge in [0.15, 0.2) is 9.84 Å². The molecule has 2 aromatic carbocycles. The largest absolute Gasteiger partial charge is 0.496 e. The highest BCUT2D eigenvalue weighted by atomic mass is 32.2. The van der Waals surface area contributed by atoms with Crippen LogP contribution in [0.4, 0.5) is 11.5 Å². The lowest BCUT2D eigenvalue weighted by atomic mass is 9.90. The number of hydrogen-bond acceptors (Lipinski definition) is 8. The fourth-order valence-electron chi connectivity index (χ4n) is 5.19. The monoisotopic (exact) mass is 533 g/mol. The van der Waals surface area contributed by atoms with Crippen molar-refractivity contribution in [1.82, 2.24) is 14.9 Å². The van der Waals surface area contributed by atoms with Gasteiger partial charge < -0.3 is 15.0 Å². The van der Waals surface area contributed by atoms with Gasteiger partial charge in [0, 0.05) is 24.7 Å².